The summed E-state index contributed by atoms with van der Waals surface area (Å²) in [4.78, 5) is 0. The average molecular weight is 278 g/mol. The molecule has 1 unspecified atom stereocenters. The number of para-hydroxylation sites is 2. The fraction of sp³-hybridized carbons (Fsp3) is 0.368. The van der Waals surface area contributed by atoms with Gasteiger partial charge in [0.05, 0.1) is 0 Å². The van der Waals surface area contributed by atoms with Gasteiger partial charge in [-0.2, -0.15) is 0 Å². The lowest BCUT2D eigenvalue weighted by Gasteiger charge is -2.19. The van der Waals surface area contributed by atoms with Gasteiger partial charge in [0.1, 0.15) is 0 Å². The normalized spacial score (nSPS) is 16.6. The number of aromatic nitrogens is 1. The largest absolute Gasteiger partial charge is 0.339 e. The van der Waals surface area contributed by atoms with Crippen LogP contribution in [0.2, 0.25) is 0 Å². The molecule has 0 spiro atoms. The second-order valence-electron chi connectivity index (χ2n) is 6.15. The molecule has 1 atom stereocenters. The second-order valence-corrected chi connectivity index (χ2v) is 6.15. The zero-order valence-corrected chi connectivity index (χ0v) is 12.5. The summed E-state index contributed by atoms with van der Waals surface area (Å²) in [5.74, 6) is 0.866. The zero-order chi connectivity index (χ0) is 14.2. The summed E-state index contributed by atoms with van der Waals surface area (Å²) in [6.07, 6.45) is 2.77. The highest BCUT2D eigenvalue weighted by Gasteiger charge is 2.31. The summed E-state index contributed by atoms with van der Waals surface area (Å²) in [5.41, 5.74) is 2.73. The minimum atomic E-state index is 0.606. The Morgan fingerprint density at radius 2 is 1.57 bits per heavy atom. The van der Waals surface area contributed by atoms with Gasteiger partial charge in [-0.3, -0.25) is 0 Å². The van der Waals surface area contributed by atoms with Crippen molar-refractivity contribution in [1.29, 1.82) is 0 Å². The first kappa shape index (κ1) is 12.9. The molecular formula is C19H22N2. The first-order valence-electron chi connectivity index (χ1n) is 8.08. The first-order valence-corrected chi connectivity index (χ1v) is 8.08. The van der Waals surface area contributed by atoms with Crippen LogP contribution in [-0.4, -0.2) is 17.2 Å². The predicted octanol–water partition coefficient (Wildman–Crippen LogP) is 4.18. The van der Waals surface area contributed by atoms with E-state index in [9.17, 15) is 0 Å². The third kappa shape index (κ3) is 2.24. The Kier molecular flexibility index (Phi) is 3.19. The standard InChI is InChI=1S/C19H22N2/c1-2-20-17(14-11-12-14)13-21-18-9-5-3-7-15(18)16-8-4-6-10-19(16)21/h3-10,14,17,20H,2,11-13H2,1H3. The van der Waals surface area contributed by atoms with Gasteiger partial charge >= 0.3 is 0 Å². The van der Waals surface area contributed by atoms with Crippen molar-refractivity contribution in [2.75, 3.05) is 6.54 Å². The van der Waals surface area contributed by atoms with Gasteiger partial charge in [0.15, 0.2) is 0 Å². The highest BCUT2D eigenvalue weighted by molar-refractivity contribution is 6.07. The van der Waals surface area contributed by atoms with E-state index in [0.29, 0.717) is 6.04 Å². The van der Waals surface area contributed by atoms with Gasteiger partial charge in [0.25, 0.3) is 0 Å². The average Bonchev–Trinajstić information content (AvgIpc) is 3.32. The van der Waals surface area contributed by atoms with E-state index in [1.165, 1.54) is 34.6 Å². The Morgan fingerprint density at radius 1 is 1.00 bits per heavy atom. The van der Waals surface area contributed by atoms with Gasteiger partial charge in [-0.1, -0.05) is 43.3 Å². The van der Waals surface area contributed by atoms with E-state index in [4.69, 9.17) is 0 Å². The van der Waals surface area contributed by atoms with E-state index < -0.39 is 0 Å². The molecule has 0 amide bonds. The Labute approximate surface area is 125 Å². The van der Waals surface area contributed by atoms with Crippen LogP contribution in [0.25, 0.3) is 21.8 Å². The fourth-order valence-electron chi connectivity index (χ4n) is 3.54. The third-order valence-electron chi connectivity index (χ3n) is 4.72. The molecule has 1 aromatic heterocycles. The van der Waals surface area contributed by atoms with Crippen LogP contribution in [0.1, 0.15) is 19.8 Å². The van der Waals surface area contributed by atoms with E-state index in [1.807, 2.05) is 0 Å². The summed E-state index contributed by atoms with van der Waals surface area (Å²) >= 11 is 0. The number of hydrogen-bond donors (Lipinski definition) is 1. The minimum absolute atomic E-state index is 0.606. The molecule has 1 heterocycles. The summed E-state index contributed by atoms with van der Waals surface area (Å²) in [7, 11) is 0. The van der Waals surface area contributed by atoms with Crippen LogP contribution < -0.4 is 5.32 Å². The Bertz CT molecular complexity index is 714. The molecule has 2 heteroatoms. The quantitative estimate of drug-likeness (QED) is 0.740. The molecule has 2 aromatic carbocycles. The van der Waals surface area contributed by atoms with Crippen molar-refractivity contribution in [3.63, 3.8) is 0 Å². The van der Waals surface area contributed by atoms with Crippen molar-refractivity contribution >= 4 is 21.8 Å². The molecule has 1 aliphatic rings. The van der Waals surface area contributed by atoms with E-state index >= 15 is 0 Å². The van der Waals surface area contributed by atoms with Crippen LogP contribution in [0.15, 0.2) is 48.5 Å². The fourth-order valence-corrected chi connectivity index (χ4v) is 3.54. The van der Waals surface area contributed by atoms with Crippen LogP contribution in [0.4, 0.5) is 0 Å². The van der Waals surface area contributed by atoms with Gasteiger partial charge in [-0.15, -0.1) is 0 Å². The monoisotopic (exact) mass is 278 g/mol. The van der Waals surface area contributed by atoms with Crippen molar-refractivity contribution in [3.8, 4) is 0 Å². The molecule has 1 aliphatic carbocycles. The Balaban J connectivity index is 1.85. The first-order chi connectivity index (χ1) is 10.4. The lowest BCUT2D eigenvalue weighted by molar-refractivity contribution is 0.426. The molecule has 108 valence electrons. The summed E-state index contributed by atoms with van der Waals surface area (Å²) in [6.45, 7) is 4.34. The van der Waals surface area contributed by atoms with E-state index in [0.717, 1.165) is 19.0 Å². The van der Waals surface area contributed by atoms with Gasteiger partial charge in [-0.05, 0) is 37.4 Å². The van der Waals surface area contributed by atoms with Crippen LogP contribution in [-0.2, 0) is 6.54 Å². The third-order valence-corrected chi connectivity index (χ3v) is 4.72. The van der Waals surface area contributed by atoms with Crippen molar-refractivity contribution in [1.82, 2.24) is 9.88 Å². The van der Waals surface area contributed by atoms with E-state index in [1.54, 1.807) is 0 Å². The molecule has 0 saturated heterocycles. The topological polar surface area (TPSA) is 17.0 Å². The summed E-state index contributed by atoms with van der Waals surface area (Å²) < 4.78 is 2.51. The smallest absolute Gasteiger partial charge is 0.0491 e. The number of benzene rings is 2. The predicted molar refractivity (Wildman–Crippen MR) is 89.6 cm³/mol. The molecule has 0 aliphatic heterocycles. The molecule has 1 N–H and O–H groups in total. The lowest BCUT2D eigenvalue weighted by Crippen LogP contribution is -2.34. The van der Waals surface area contributed by atoms with Gasteiger partial charge in [-0.25, -0.2) is 0 Å². The van der Waals surface area contributed by atoms with E-state index in [2.05, 4.69) is 65.3 Å². The number of likely N-dealkylation sites (N-methyl/N-ethyl adjacent to an activating group) is 1. The molecule has 0 bridgehead atoms. The maximum atomic E-state index is 3.69. The molecule has 4 rings (SSSR count). The zero-order valence-electron chi connectivity index (χ0n) is 12.5. The summed E-state index contributed by atoms with van der Waals surface area (Å²) in [5, 5.41) is 6.44. The SMILES string of the molecule is CCNC(Cn1c2ccccc2c2ccccc21)C1CC1. The van der Waals surface area contributed by atoms with Crippen molar-refractivity contribution < 1.29 is 0 Å². The Morgan fingerprint density at radius 3 is 2.10 bits per heavy atom. The maximum absolute atomic E-state index is 3.69. The van der Waals surface area contributed by atoms with Crippen LogP contribution in [0.5, 0.6) is 0 Å². The molecular weight excluding hydrogens is 256 g/mol. The molecule has 2 nitrogen and oxygen atoms in total. The molecule has 1 fully saturated rings. The van der Waals surface area contributed by atoms with Crippen molar-refractivity contribution in [3.05, 3.63) is 48.5 Å². The number of hydrogen-bond acceptors (Lipinski definition) is 1. The highest BCUT2D eigenvalue weighted by atomic mass is 15.0. The van der Waals surface area contributed by atoms with E-state index in [-0.39, 0.29) is 0 Å². The van der Waals surface area contributed by atoms with Gasteiger partial charge in [0, 0.05) is 34.4 Å². The molecule has 3 aromatic rings. The van der Waals surface area contributed by atoms with Crippen molar-refractivity contribution in [2.45, 2.75) is 32.4 Å². The molecule has 21 heavy (non-hydrogen) atoms. The summed E-state index contributed by atoms with van der Waals surface area (Å²) in [6, 6.07) is 18.2. The van der Waals surface area contributed by atoms with Gasteiger partial charge < -0.3 is 9.88 Å². The van der Waals surface area contributed by atoms with Crippen LogP contribution in [0, 0.1) is 5.92 Å². The van der Waals surface area contributed by atoms with Crippen LogP contribution in [0.3, 0.4) is 0 Å². The minimum Gasteiger partial charge on any atom is -0.339 e. The number of fused-ring (bicyclic) bond motifs is 3. The number of rotatable bonds is 5. The van der Waals surface area contributed by atoms with Gasteiger partial charge in [0.2, 0.25) is 0 Å². The highest BCUT2D eigenvalue weighted by Crippen LogP contribution is 2.35. The lowest BCUT2D eigenvalue weighted by atomic mass is 10.2. The van der Waals surface area contributed by atoms with Crippen molar-refractivity contribution in [2.24, 2.45) is 5.92 Å². The van der Waals surface area contributed by atoms with Crippen LogP contribution >= 0.6 is 0 Å². The maximum Gasteiger partial charge on any atom is 0.0491 e. The number of nitrogens with zero attached hydrogens (tertiary/aromatic N) is 1. The molecule has 0 radical (unpaired) electrons. The Hall–Kier alpha value is -1.80. The number of nitrogens with one attached hydrogen (secondary N) is 1. The molecule has 1 saturated carbocycles. The second kappa shape index (κ2) is 5.19.